The summed E-state index contributed by atoms with van der Waals surface area (Å²) >= 11 is 1.74. The van der Waals surface area contributed by atoms with Crippen LogP contribution in [0, 0.1) is 27.7 Å². The first-order valence-corrected chi connectivity index (χ1v) is 18.0. The molecular weight excluding hydrogens is 639 g/mol. The number of hydrogen-bond donors (Lipinski definition) is 0. The number of halogens is 2. The molecule has 0 aliphatic rings. The monoisotopic (exact) mass is 676 g/mol. The predicted octanol–water partition coefficient (Wildman–Crippen LogP) is 3.39. The van der Waals surface area contributed by atoms with Crippen LogP contribution in [0.15, 0.2) is 48.5 Å². The third-order valence-corrected chi connectivity index (χ3v) is 5.81. The first-order valence-electron chi connectivity index (χ1n) is 11.8. The molecule has 0 spiro atoms. The van der Waals surface area contributed by atoms with Crippen LogP contribution in [0.3, 0.4) is 0 Å². The minimum atomic E-state index is 0. The van der Waals surface area contributed by atoms with Gasteiger partial charge in [-0.3, -0.25) is 0 Å². The van der Waals surface area contributed by atoms with E-state index in [0.29, 0.717) is 11.8 Å². The molecule has 0 nitrogen and oxygen atoms in total. The number of aryl methyl sites for hydroxylation is 4. The molecule has 0 bridgehead atoms. The van der Waals surface area contributed by atoms with E-state index in [9.17, 15) is 0 Å². The van der Waals surface area contributed by atoms with Crippen molar-refractivity contribution >= 4 is 27.0 Å². The first-order chi connectivity index (χ1) is 14.9. The van der Waals surface area contributed by atoms with Crippen LogP contribution in [0.2, 0.25) is 13.1 Å². The van der Waals surface area contributed by atoms with Crippen LogP contribution >= 0.6 is 0 Å². The summed E-state index contributed by atoms with van der Waals surface area (Å²) in [7, 11) is 0. The van der Waals surface area contributed by atoms with Crippen molar-refractivity contribution in [2.75, 3.05) is 0 Å². The fourth-order valence-electron chi connectivity index (χ4n) is 4.23. The molecule has 0 aliphatic heterocycles. The van der Waals surface area contributed by atoms with E-state index < -0.39 is 0 Å². The van der Waals surface area contributed by atoms with Crippen LogP contribution in [0.5, 0.6) is 0 Å². The van der Waals surface area contributed by atoms with Gasteiger partial charge < -0.3 is 34.0 Å². The molecule has 0 heterocycles. The van der Waals surface area contributed by atoms with E-state index in [4.69, 9.17) is 0 Å². The predicted molar refractivity (Wildman–Crippen MR) is 144 cm³/mol. The average molecular weight is 680 g/mol. The molecule has 0 fully saturated rings. The maximum Gasteiger partial charge on any atom is -0.0308 e. The number of fused-ring (bicyclic) bond motifs is 2. The largest absolute Gasteiger partial charge is 1.00 e. The molecule has 4 rings (SSSR count). The van der Waals surface area contributed by atoms with Gasteiger partial charge in [0.05, 0.1) is 0 Å². The van der Waals surface area contributed by atoms with Crippen molar-refractivity contribution in [3.63, 3.8) is 0 Å². The van der Waals surface area contributed by atoms with Crippen molar-refractivity contribution in [1.29, 1.82) is 0 Å². The SMILES string of the molecule is C[Si](C)=[Zr+2].Cc1cc2c(C(C)C)ccc(C)c2[cH-]1.Cc1cc2c(C(C)C)ccc(C)c2[cH-]1.[Br-].[Br-]. The van der Waals surface area contributed by atoms with Crippen molar-refractivity contribution < 1.29 is 57.3 Å². The van der Waals surface area contributed by atoms with Crippen LogP contribution in [0.4, 0.5) is 0 Å². The third-order valence-electron chi connectivity index (χ3n) is 5.81. The van der Waals surface area contributed by atoms with Gasteiger partial charge in [0.25, 0.3) is 0 Å². The number of rotatable bonds is 2. The minimum absolute atomic E-state index is 0. The second-order valence-electron chi connectivity index (χ2n) is 9.97. The van der Waals surface area contributed by atoms with Gasteiger partial charge in [-0.25, -0.2) is 0 Å². The summed E-state index contributed by atoms with van der Waals surface area (Å²) in [6.07, 6.45) is 0. The molecule has 4 heteroatoms. The van der Waals surface area contributed by atoms with Crippen LogP contribution in [-0.2, 0) is 23.3 Å². The van der Waals surface area contributed by atoms with Crippen LogP contribution in [-0.4, -0.2) is 5.43 Å². The maximum absolute atomic E-state index is 2.31. The average Bonchev–Trinajstić information content (AvgIpc) is 3.25. The molecule has 0 unspecified atom stereocenters. The van der Waals surface area contributed by atoms with Gasteiger partial charge in [0.15, 0.2) is 0 Å². The Balaban J connectivity index is 0.000000528. The van der Waals surface area contributed by atoms with Gasteiger partial charge in [-0.05, 0) is 11.8 Å². The number of hydrogen-bond acceptors (Lipinski definition) is 0. The van der Waals surface area contributed by atoms with Crippen LogP contribution in [0.1, 0.15) is 72.9 Å². The van der Waals surface area contributed by atoms with Gasteiger partial charge in [0, 0.05) is 0 Å². The van der Waals surface area contributed by atoms with Crippen molar-refractivity contribution in [3.05, 3.63) is 81.9 Å². The quantitative estimate of drug-likeness (QED) is 0.225. The molecule has 0 N–H and O–H groups in total. The van der Waals surface area contributed by atoms with E-state index in [2.05, 4.69) is 117 Å². The molecular formula is C30H40Br2SiZr-2. The zero-order chi connectivity index (χ0) is 24.2. The van der Waals surface area contributed by atoms with E-state index in [1.54, 1.807) is 23.3 Å². The zero-order valence-corrected chi connectivity index (χ0v) is 29.2. The topological polar surface area (TPSA) is 0 Å². The van der Waals surface area contributed by atoms with E-state index >= 15 is 0 Å². The molecule has 0 amide bonds. The second-order valence-corrected chi connectivity index (χ2v) is 19.3. The van der Waals surface area contributed by atoms with Gasteiger partial charge in [0.2, 0.25) is 0 Å². The van der Waals surface area contributed by atoms with Gasteiger partial charge in [0.1, 0.15) is 0 Å². The molecule has 34 heavy (non-hydrogen) atoms. The van der Waals surface area contributed by atoms with Crippen molar-refractivity contribution in [2.45, 2.75) is 80.3 Å². The molecule has 4 aromatic rings. The summed E-state index contributed by atoms with van der Waals surface area (Å²) in [4.78, 5) is 0. The van der Waals surface area contributed by atoms with Gasteiger partial charge in [-0.1, -0.05) is 78.6 Å². The zero-order valence-electron chi connectivity index (χ0n) is 22.5. The normalized spacial score (nSPS) is 10.3. The molecule has 0 aliphatic carbocycles. The van der Waals surface area contributed by atoms with Gasteiger partial charge >= 0.3 is 41.9 Å². The smallest absolute Gasteiger partial charge is 0.0308 e. The molecule has 184 valence electrons. The fraction of sp³-hybridized carbons (Fsp3) is 0.400. The van der Waals surface area contributed by atoms with Crippen LogP contribution in [0.25, 0.3) is 21.5 Å². The molecule has 0 radical (unpaired) electrons. The summed E-state index contributed by atoms with van der Waals surface area (Å²) in [5.74, 6) is 1.22. The molecule has 0 atom stereocenters. The summed E-state index contributed by atoms with van der Waals surface area (Å²) in [5.41, 5.74) is 8.67. The van der Waals surface area contributed by atoms with E-state index in [-0.39, 0.29) is 39.4 Å². The van der Waals surface area contributed by atoms with Crippen molar-refractivity contribution in [1.82, 2.24) is 0 Å². The van der Waals surface area contributed by atoms with E-state index in [0.717, 1.165) is 0 Å². The summed E-state index contributed by atoms with van der Waals surface area (Å²) in [5, 5.41) is 5.73. The fourth-order valence-corrected chi connectivity index (χ4v) is 4.23. The third kappa shape index (κ3) is 8.99. The Hall–Kier alpha value is -0.280. The second kappa shape index (κ2) is 15.1. The summed E-state index contributed by atoms with van der Waals surface area (Å²) in [6, 6.07) is 18.2. The Labute approximate surface area is 244 Å². The number of benzene rings is 2. The Morgan fingerprint density at radius 2 is 0.941 bits per heavy atom. The van der Waals surface area contributed by atoms with E-state index in [1.165, 1.54) is 54.9 Å². The Morgan fingerprint density at radius 3 is 1.21 bits per heavy atom. The Morgan fingerprint density at radius 1 is 0.647 bits per heavy atom. The summed E-state index contributed by atoms with van der Waals surface area (Å²) < 4.78 is 0. The van der Waals surface area contributed by atoms with Gasteiger partial charge in [-0.2, -0.15) is 12.1 Å². The first kappa shape index (κ1) is 33.7. The minimum Gasteiger partial charge on any atom is -1.00 e. The Kier molecular flexibility index (Phi) is 15.0. The Bertz CT molecular complexity index is 1120. The molecule has 4 aromatic carbocycles. The molecule has 0 aromatic heterocycles. The van der Waals surface area contributed by atoms with E-state index in [1.807, 2.05) is 0 Å². The maximum atomic E-state index is 2.31. The standard InChI is InChI=1S/2C14H17.C2H6Si.2BrH.Zr/c2*1-9(2)12-6-5-11(4)13-7-10(3)8-14(12)13;1-3-2;;;/h2*5-9H,1-4H3;1-2H3;2*1H;/q2*-1;;;;+2/p-2. The molecule has 0 saturated heterocycles. The van der Waals surface area contributed by atoms with Gasteiger partial charge in [-0.15, -0.1) is 68.1 Å². The van der Waals surface area contributed by atoms with Crippen molar-refractivity contribution in [3.8, 4) is 0 Å². The molecule has 0 saturated carbocycles. The summed E-state index contributed by atoms with van der Waals surface area (Å²) in [6.45, 7) is 22.4. The van der Waals surface area contributed by atoms with Crippen molar-refractivity contribution in [2.24, 2.45) is 0 Å². The van der Waals surface area contributed by atoms with Crippen LogP contribution < -0.4 is 34.0 Å².